The Kier molecular flexibility index (Phi) is 6.83. The maximum Gasteiger partial charge on any atom is 0.287 e. The highest BCUT2D eigenvalue weighted by atomic mass is 35.5. The normalized spacial score (nSPS) is 15.4. The van der Waals surface area contributed by atoms with Crippen LogP contribution in [0.2, 0.25) is 5.02 Å². The number of halogens is 1. The Balaban J connectivity index is 1.76. The minimum absolute atomic E-state index is 0.0447. The molecule has 0 saturated heterocycles. The van der Waals surface area contributed by atoms with Crippen LogP contribution in [0.1, 0.15) is 17.2 Å². The van der Waals surface area contributed by atoms with Gasteiger partial charge in [-0.05, 0) is 37.4 Å². The Hall–Kier alpha value is -1.95. The van der Waals surface area contributed by atoms with Gasteiger partial charge in [0, 0.05) is 17.3 Å². The number of rotatable bonds is 6. The van der Waals surface area contributed by atoms with Crippen molar-refractivity contribution in [3.8, 4) is 0 Å². The van der Waals surface area contributed by atoms with Crippen molar-refractivity contribution >= 4 is 34.2 Å². The van der Waals surface area contributed by atoms with Crippen LogP contribution < -0.4 is 5.32 Å². The van der Waals surface area contributed by atoms with Crippen LogP contribution in [0.15, 0.2) is 60.4 Å². The summed E-state index contributed by atoms with van der Waals surface area (Å²) in [4.78, 5) is 15.8. The van der Waals surface area contributed by atoms with Gasteiger partial charge in [-0.25, -0.2) is 0 Å². The Morgan fingerprint density at radius 3 is 2.56 bits per heavy atom. The van der Waals surface area contributed by atoms with Gasteiger partial charge in [0.1, 0.15) is 0 Å². The Morgan fingerprint density at radius 1 is 1.19 bits per heavy atom. The molecule has 2 aromatic rings. The number of nitrogens with one attached hydrogen (secondary N) is 1. The van der Waals surface area contributed by atoms with Crippen molar-refractivity contribution in [3.63, 3.8) is 0 Å². The fourth-order valence-corrected chi connectivity index (χ4v) is 4.03. The summed E-state index contributed by atoms with van der Waals surface area (Å²) in [5.41, 5.74) is 2.11. The second-order valence-corrected chi connectivity index (χ2v) is 8.00. The number of nitrogens with zero attached hydrogens (tertiary/aromatic N) is 1. The molecule has 142 valence electrons. The van der Waals surface area contributed by atoms with E-state index in [9.17, 15) is 4.79 Å². The fraction of sp³-hybridized carbons (Fsp3) is 0.286. The lowest BCUT2D eigenvalue weighted by atomic mass is 10.1. The molecule has 0 unspecified atom stereocenters. The lowest BCUT2D eigenvalue weighted by Crippen LogP contribution is -2.36. The second kappa shape index (κ2) is 9.31. The zero-order chi connectivity index (χ0) is 19.2. The van der Waals surface area contributed by atoms with Crippen molar-refractivity contribution in [1.82, 2.24) is 10.2 Å². The SMILES string of the molecule is CN(C)[C@@H](CNC(=O)C1=C(c2ccccc2)SCCO1)c1ccc(Cl)cc1. The number of hydrogen-bond acceptors (Lipinski definition) is 4. The van der Waals surface area contributed by atoms with Gasteiger partial charge in [-0.15, -0.1) is 11.8 Å². The molecule has 0 radical (unpaired) electrons. The van der Waals surface area contributed by atoms with Gasteiger partial charge < -0.3 is 15.0 Å². The van der Waals surface area contributed by atoms with E-state index in [1.165, 1.54) is 0 Å². The minimum atomic E-state index is -0.179. The molecule has 1 aliphatic heterocycles. The molecule has 1 amide bonds. The molecule has 0 saturated carbocycles. The van der Waals surface area contributed by atoms with Crippen molar-refractivity contribution < 1.29 is 9.53 Å². The van der Waals surface area contributed by atoms with Gasteiger partial charge in [-0.1, -0.05) is 54.1 Å². The third-order valence-electron chi connectivity index (χ3n) is 4.36. The van der Waals surface area contributed by atoms with Crippen molar-refractivity contribution in [3.05, 3.63) is 76.5 Å². The molecule has 6 heteroatoms. The molecule has 0 bridgehead atoms. The van der Waals surface area contributed by atoms with Gasteiger partial charge in [-0.2, -0.15) is 0 Å². The third kappa shape index (κ3) is 5.06. The lowest BCUT2D eigenvalue weighted by Gasteiger charge is -2.26. The monoisotopic (exact) mass is 402 g/mol. The smallest absolute Gasteiger partial charge is 0.287 e. The van der Waals surface area contributed by atoms with Gasteiger partial charge in [-0.3, -0.25) is 4.79 Å². The number of ether oxygens (including phenoxy) is 1. The highest BCUT2D eigenvalue weighted by molar-refractivity contribution is 8.08. The summed E-state index contributed by atoms with van der Waals surface area (Å²) in [6.45, 7) is 1.02. The zero-order valence-corrected chi connectivity index (χ0v) is 17.0. The summed E-state index contributed by atoms with van der Waals surface area (Å²) < 4.78 is 5.74. The van der Waals surface area contributed by atoms with Gasteiger partial charge in [0.25, 0.3) is 5.91 Å². The highest BCUT2D eigenvalue weighted by Crippen LogP contribution is 2.34. The van der Waals surface area contributed by atoms with E-state index in [4.69, 9.17) is 16.3 Å². The number of thioether (sulfide) groups is 1. The van der Waals surface area contributed by atoms with Crippen molar-refractivity contribution in [2.24, 2.45) is 0 Å². The molecular formula is C21H23ClN2O2S. The average Bonchev–Trinajstić information content (AvgIpc) is 2.70. The quantitative estimate of drug-likeness (QED) is 0.786. The maximum atomic E-state index is 12.8. The summed E-state index contributed by atoms with van der Waals surface area (Å²) in [5, 5.41) is 3.74. The third-order valence-corrected chi connectivity index (χ3v) is 5.69. The van der Waals surface area contributed by atoms with E-state index in [-0.39, 0.29) is 11.9 Å². The number of benzene rings is 2. The molecule has 0 fully saturated rings. The predicted octanol–water partition coefficient (Wildman–Crippen LogP) is 4.19. The summed E-state index contributed by atoms with van der Waals surface area (Å²) in [5.74, 6) is 1.07. The van der Waals surface area contributed by atoms with Crippen LogP contribution in [-0.2, 0) is 9.53 Å². The molecule has 1 aliphatic rings. The molecule has 0 aliphatic carbocycles. The summed E-state index contributed by atoms with van der Waals surface area (Å²) in [7, 11) is 3.99. The van der Waals surface area contributed by atoms with Crippen LogP contribution in [0, 0.1) is 0 Å². The highest BCUT2D eigenvalue weighted by Gasteiger charge is 2.24. The molecule has 3 rings (SSSR count). The number of carbonyl (C=O) groups excluding carboxylic acids is 1. The maximum absolute atomic E-state index is 12.8. The largest absolute Gasteiger partial charge is 0.486 e. The first-order valence-electron chi connectivity index (χ1n) is 8.81. The first-order chi connectivity index (χ1) is 13.1. The van der Waals surface area contributed by atoms with Crippen LogP contribution >= 0.6 is 23.4 Å². The van der Waals surface area contributed by atoms with Crippen LogP contribution in [0.25, 0.3) is 4.91 Å². The molecule has 1 heterocycles. The molecule has 0 spiro atoms. The van der Waals surface area contributed by atoms with Gasteiger partial charge in [0.05, 0.1) is 17.6 Å². The average molecular weight is 403 g/mol. The van der Waals surface area contributed by atoms with E-state index in [2.05, 4.69) is 10.2 Å². The number of hydrogen-bond donors (Lipinski definition) is 1. The predicted molar refractivity (Wildman–Crippen MR) is 113 cm³/mol. The van der Waals surface area contributed by atoms with Gasteiger partial charge in [0.15, 0.2) is 5.76 Å². The van der Waals surface area contributed by atoms with Crippen molar-refractivity contribution in [1.29, 1.82) is 0 Å². The van der Waals surface area contributed by atoms with Crippen LogP contribution in [0.5, 0.6) is 0 Å². The molecule has 2 aromatic carbocycles. The molecule has 4 nitrogen and oxygen atoms in total. The first kappa shape index (κ1) is 19.8. The topological polar surface area (TPSA) is 41.6 Å². The Labute approximate surface area is 169 Å². The summed E-state index contributed by atoms with van der Waals surface area (Å²) >= 11 is 7.65. The number of likely N-dealkylation sites (N-methyl/N-ethyl adjacent to an activating group) is 1. The lowest BCUT2D eigenvalue weighted by molar-refractivity contribution is -0.120. The zero-order valence-electron chi connectivity index (χ0n) is 15.4. The first-order valence-corrected chi connectivity index (χ1v) is 10.2. The van der Waals surface area contributed by atoms with E-state index >= 15 is 0 Å². The van der Waals surface area contributed by atoms with E-state index in [1.54, 1.807) is 11.8 Å². The van der Waals surface area contributed by atoms with E-state index in [0.717, 1.165) is 21.8 Å². The Morgan fingerprint density at radius 2 is 1.89 bits per heavy atom. The summed E-state index contributed by atoms with van der Waals surface area (Å²) in [6.07, 6.45) is 0. The van der Waals surface area contributed by atoms with Crippen LogP contribution in [0.4, 0.5) is 0 Å². The van der Waals surface area contributed by atoms with Crippen LogP contribution in [0.3, 0.4) is 0 Å². The molecule has 0 aromatic heterocycles. The minimum Gasteiger partial charge on any atom is -0.486 e. The molecule has 1 atom stereocenters. The standard InChI is InChI=1S/C21H23ClN2O2S/c1-24(2)18(15-8-10-17(22)11-9-15)14-23-21(25)19-20(27-13-12-26-19)16-6-4-3-5-7-16/h3-11,18H,12-14H2,1-2H3,(H,23,25)/t18-/m0/s1. The summed E-state index contributed by atoms with van der Waals surface area (Å²) in [6, 6.07) is 17.7. The van der Waals surface area contributed by atoms with Gasteiger partial charge >= 0.3 is 0 Å². The molecule has 1 N–H and O–H groups in total. The second-order valence-electron chi connectivity index (χ2n) is 6.46. The van der Waals surface area contributed by atoms with Gasteiger partial charge in [0.2, 0.25) is 0 Å². The van der Waals surface area contributed by atoms with E-state index in [0.29, 0.717) is 23.9 Å². The molecule has 27 heavy (non-hydrogen) atoms. The number of carbonyl (C=O) groups is 1. The van der Waals surface area contributed by atoms with E-state index < -0.39 is 0 Å². The Bertz CT molecular complexity index is 807. The molecular weight excluding hydrogens is 380 g/mol. The van der Waals surface area contributed by atoms with Crippen molar-refractivity contribution in [2.45, 2.75) is 6.04 Å². The van der Waals surface area contributed by atoms with Crippen molar-refractivity contribution in [2.75, 3.05) is 33.0 Å². The fourth-order valence-electron chi connectivity index (χ4n) is 2.94. The van der Waals surface area contributed by atoms with E-state index in [1.807, 2.05) is 68.7 Å². The number of amides is 1. The van der Waals surface area contributed by atoms with Crippen LogP contribution in [-0.4, -0.2) is 43.8 Å².